The summed E-state index contributed by atoms with van der Waals surface area (Å²) in [6.07, 6.45) is 2.25. The summed E-state index contributed by atoms with van der Waals surface area (Å²) in [7, 11) is 3.54. The summed E-state index contributed by atoms with van der Waals surface area (Å²) < 4.78 is 1.63. The maximum absolute atomic E-state index is 12.2. The van der Waals surface area contributed by atoms with Gasteiger partial charge in [-0.2, -0.15) is 5.10 Å². The Morgan fingerprint density at radius 2 is 2.29 bits per heavy atom. The van der Waals surface area contributed by atoms with Crippen LogP contribution in [0.4, 0.5) is 0 Å². The van der Waals surface area contributed by atoms with Gasteiger partial charge in [0.1, 0.15) is 0 Å². The summed E-state index contributed by atoms with van der Waals surface area (Å²) in [5.41, 5.74) is 6.83. The van der Waals surface area contributed by atoms with Crippen LogP contribution in [-0.2, 0) is 7.05 Å². The lowest BCUT2D eigenvalue weighted by Crippen LogP contribution is -2.37. The van der Waals surface area contributed by atoms with Crippen LogP contribution in [0.25, 0.3) is 0 Å². The Kier molecular flexibility index (Phi) is 4.22. The molecule has 2 N–H and O–H groups in total. The second kappa shape index (κ2) is 5.27. The molecular weight excluding hydrogens is 236 g/mol. The van der Waals surface area contributed by atoms with Gasteiger partial charge >= 0.3 is 0 Å². The van der Waals surface area contributed by atoms with E-state index >= 15 is 0 Å². The van der Waals surface area contributed by atoms with Crippen LogP contribution in [0.1, 0.15) is 29.4 Å². The Balaban J connectivity index is 2.83. The number of hydrogen-bond donors (Lipinski definition) is 1. The average Bonchev–Trinajstić information content (AvgIpc) is 2.54. The summed E-state index contributed by atoms with van der Waals surface area (Å²) in [6.45, 7) is 3.74. The zero-order valence-electron chi connectivity index (χ0n) is 10.6. The van der Waals surface area contributed by atoms with Gasteiger partial charge in [0.05, 0.1) is 16.2 Å². The second-order valence-corrected chi connectivity index (χ2v) is 4.76. The van der Waals surface area contributed by atoms with E-state index in [4.69, 9.17) is 18.0 Å². The molecule has 0 aromatic carbocycles. The molecule has 17 heavy (non-hydrogen) atoms. The third kappa shape index (κ3) is 3.26. The number of thiocarbonyl (C=S) groups is 1. The number of carbonyl (C=O) groups is 1. The van der Waals surface area contributed by atoms with Crippen LogP contribution in [-0.4, -0.2) is 38.7 Å². The van der Waals surface area contributed by atoms with Crippen LogP contribution in [0.2, 0.25) is 0 Å². The Hall–Kier alpha value is -1.43. The highest BCUT2D eigenvalue weighted by Crippen LogP contribution is 2.11. The Morgan fingerprint density at radius 3 is 2.71 bits per heavy atom. The SMILES string of the molecule is Cc1nn(C)cc1C(=O)N(C)C(C)CC(N)=S. The van der Waals surface area contributed by atoms with Crippen molar-refractivity contribution in [3.8, 4) is 0 Å². The van der Waals surface area contributed by atoms with Gasteiger partial charge in [-0.3, -0.25) is 9.48 Å². The van der Waals surface area contributed by atoms with Crippen molar-refractivity contribution < 1.29 is 4.79 Å². The van der Waals surface area contributed by atoms with Gasteiger partial charge in [0.2, 0.25) is 0 Å². The fraction of sp³-hybridized carbons (Fsp3) is 0.545. The van der Waals surface area contributed by atoms with Crippen LogP contribution >= 0.6 is 12.2 Å². The topological polar surface area (TPSA) is 64.2 Å². The molecule has 1 aromatic heterocycles. The summed E-state index contributed by atoms with van der Waals surface area (Å²) in [6, 6.07) is -0.0143. The van der Waals surface area contributed by atoms with E-state index in [-0.39, 0.29) is 11.9 Å². The second-order valence-electron chi connectivity index (χ2n) is 4.24. The minimum atomic E-state index is -0.0562. The van der Waals surface area contributed by atoms with E-state index in [0.29, 0.717) is 17.0 Å². The number of aryl methyl sites for hydroxylation is 2. The van der Waals surface area contributed by atoms with Crippen molar-refractivity contribution in [2.75, 3.05) is 7.05 Å². The normalized spacial score (nSPS) is 12.2. The van der Waals surface area contributed by atoms with E-state index in [9.17, 15) is 4.79 Å². The Labute approximate surface area is 107 Å². The molecule has 1 aromatic rings. The zero-order valence-corrected chi connectivity index (χ0v) is 11.4. The fourth-order valence-corrected chi connectivity index (χ4v) is 1.87. The minimum Gasteiger partial charge on any atom is -0.393 e. The lowest BCUT2D eigenvalue weighted by Gasteiger charge is -2.24. The first-order valence-corrected chi connectivity index (χ1v) is 5.79. The van der Waals surface area contributed by atoms with Gasteiger partial charge in [-0.05, 0) is 13.8 Å². The first-order chi connectivity index (χ1) is 7.82. The predicted octanol–water partition coefficient (Wildman–Crippen LogP) is 0.865. The Morgan fingerprint density at radius 1 is 1.71 bits per heavy atom. The molecule has 0 saturated heterocycles. The predicted molar refractivity (Wildman–Crippen MR) is 70.9 cm³/mol. The summed E-state index contributed by atoms with van der Waals surface area (Å²) in [5.74, 6) is -0.0562. The van der Waals surface area contributed by atoms with Gasteiger partial charge in [-0.1, -0.05) is 12.2 Å². The molecule has 1 heterocycles. The number of hydrogen-bond acceptors (Lipinski definition) is 3. The van der Waals surface area contributed by atoms with Crippen molar-refractivity contribution in [1.82, 2.24) is 14.7 Å². The average molecular weight is 254 g/mol. The van der Waals surface area contributed by atoms with Gasteiger partial charge in [0.25, 0.3) is 5.91 Å². The molecule has 5 nitrogen and oxygen atoms in total. The van der Waals surface area contributed by atoms with E-state index in [0.717, 1.165) is 5.69 Å². The van der Waals surface area contributed by atoms with Crippen molar-refractivity contribution >= 4 is 23.1 Å². The summed E-state index contributed by atoms with van der Waals surface area (Å²) >= 11 is 4.85. The molecule has 0 fully saturated rings. The van der Waals surface area contributed by atoms with Gasteiger partial charge < -0.3 is 10.6 Å². The molecule has 0 bridgehead atoms. The summed E-state index contributed by atoms with van der Waals surface area (Å²) in [4.78, 5) is 14.2. The van der Waals surface area contributed by atoms with Gasteiger partial charge in [0, 0.05) is 32.8 Å². The van der Waals surface area contributed by atoms with Gasteiger partial charge in [-0.15, -0.1) is 0 Å². The van der Waals surface area contributed by atoms with Crippen molar-refractivity contribution in [2.24, 2.45) is 12.8 Å². The molecule has 6 heteroatoms. The summed E-state index contributed by atoms with van der Waals surface area (Å²) in [5, 5.41) is 4.15. The van der Waals surface area contributed by atoms with E-state index in [1.807, 2.05) is 13.8 Å². The quantitative estimate of drug-likeness (QED) is 0.810. The monoisotopic (exact) mass is 254 g/mol. The van der Waals surface area contributed by atoms with E-state index in [1.165, 1.54) is 0 Å². The molecule has 0 saturated carbocycles. The highest BCUT2D eigenvalue weighted by atomic mass is 32.1. The lowest BCUT2D eigenvalue weighted by molar-refractivity contribution is 0.0747. The number of aromatic nitrogens is 2. The van der Waals surface area contributed by atoms with Gasteiger partial charge in [0.15, 0.2) is 0 Å². The third-order valence-corrected chi connectivity index (χ3v) is 2.89. The highest BCUT2D eigenvalue weighted by molar-refractivity contribution is 7.80. The Bertz CT molecular complexity index is 441. The number of nitrogens with zero attached hydrogens (tertiary/aromatic N) is 3. The number of amides is 1. The largest absolute Gasteiger partial charge is 0.393 e. The fourth-order valence-electron chi connectivity index (χ4n) is 1.63. The van der Waals surface area contributed by atoms with E-state index in [1.54, 1.807) is 29.9 Å². The molecule has 0 aliphatic rings. The van der Waals surface area contributed by atoms with Crippen LogP contribution in [0.15, 0.2) is 6.20 Å². The van der Waals surface area contributed by atoms with Crippen molar-refractivity contribution in [3.05, 3.63) is 17.5 Å². The van der Waals surface area contributed by atoms with Crippen LogP contribution in [0.5, 0.6) is 0 Å². The minimum absolute atomic E-state index is 0.0143. The number of nitrogens with two attached hydrogens (primary N) is 1. The molecule has 1 amide bonds. The van der Waals surface area contributed by atoms with Crippen LogP contribution in [0, 0.1) is 6.92 Å². The lowest BCUT2D eigenvalue weighted by atomic mass is 10.1. The van der Waals surface area contributed by atoms with Gasteiger partial charge in [-0.25, -0.2) is 0 Å². The molecule has 0 radical (unpaired) electrons. The van der Waals surface area contributed by atoms with Crippen molar-refractivity contribution in [2.45, 2.75) is 26.3 Å². The van der Waals surface area contributed by atoms with Crippen LogP contribution in [0.3, 0.4) is 0 Å². The molecule has 1 rings (SSSR count). The molecule has 1 atom stereocenters. The zero-order chi connectivity index (χ0) is 13.2. The number of rotatable bonds is 4. The standard InChI is InChI=1S/C11H18N4OS/c1-7(5-10(12)17)15(4)11(16)9-6-14(3)13-8(9)2/h6-7H,5H2,1-4H3,(H2,12,17). The number of carbonyl (C=O) groups excluding carboxylic acids is 1. The van der Waals surface area contributed by atoms with E-state index in [2.05, 4.69) is 5.10 Å². The highest BCUT2D eigenvalue weighted by Gasteiger charge is 2.21. The first kappa shape index (κ1) is 13.6. The van der Waals surface area contributed by atoms with Crippen LogP contribution < -0.4 is 5.73 Å². The maximum Gasteiger partial charge on any atom is 0.257 e. The molecule has 1 unspecified atom stereocenters. The molecule has 0 aliphatic heterocycles. The van der Waals surface area contributed by atoms with Crippen molar-refractivity contribution in [1.29, 1.82) is 0 Å². The van der Waals surface area contributed by atoms with E-state index < -0.39 is 0 Å². The smallest absolute Gasteiger partial charge is 0.257 e. The molecule has 94 valence electrons. The van der Waals surface area contributed by atoms with Crippen molar-refractivity contribution in [3.63, 3.8) is 0 Å². The maximum atomic E-state index is 12.2. The molecule has 0 aliphatic carbocycles. The molecule has 0 spiro atoms. The first-order valence-electron chi connectivity index (χ1n) is 5.38. The molecular formula is C11H18N4OS. The third-order valence-electron chi connectivity index (χ3n) is 2.72.